The molecule has 3 unspecified atom stereocenters. The third kappa shape index (κ3) is 3.53. The smallest absolute Gasteiger partial charge is 0.253 e. The molecule has 25 heavy (non-hydrogen) atoms. The van der Waals surface area contributed by atoms with Gasteiger partial charge in [0.05, 0.1) is 17.7 Å². The maximum absolute atomic E-state index is 12.3. The van der Waals surface area contributed by atoms with Crippen LogP contribution in [0.15, 0.2) is 24.4 Å². The number of hydrogen-bond donors (Lipinski definition) is 3. The Hall–Kier alpha value is -2.36. The fourth-order valence-corrected chi connectivity index (χ4v) is 3.45. The third-order valence-corrected chi connectivity index (χ3v) is 5.07. The van der Waals surface area contributed by atoms with Gasteiger partial charge in [0.2, 0.25) is 0 Å². The number of amides is 1. The van der Waals surface area contributed by atoms with Crippen LogP contribution < -0.4 is 10.7 Å². The van der Waals surface area contributed by atoms with E-state index in [1.807, 2.05) is 32.0 Å². The Morgan fingerprint density at radius 1 is 1.52 bits per heavy atom. The maximum atomic E-state index is 12.3. The molecule has 1 amide bonds. The summed E-state index contributed by atoms with van der Waals surface area (Å²) in [6.45, 7) is 5.32. The van der Waals surface area contributed by atoms with E-state index in [0.29, 0.717) is 23.9 Å². The van der Waals surface area contributed by atoms with Gasteiger partial charge in [0.25, 0.3) is 5.91 Å². The van der Waals surface area contributed by atoms with Crippen LogP contribution in [0.2, 0.25) is 0 Å². The number of hydrazine groups is 1. The fourth-order valence-electron chi connectivity index (χ4n) is 3.45. The molecule has 1 heterocycles. The molecular formula is C19H25N5O. The van der Waals surface area contributed by atoms with Crippen LogP contribution in [0.4, 0.5) is 0 Å². The van der Waals surface area contributed by atoms with Gasteiger partial charge in [0, 0.05) is 30.7 Å². The average molecular weight is 339 g/mol. The van der Waals surface area contributed by atoms with Gasteiger partial charge in [-0.3, -0.25) is 9.80 Å². The zero-order chi connectivity index (χ0) is 18.0. The minimum absolute atomic E-state index is 0.0629. The number of aromatic amines is 1. The summed E-state index contributed by atoms with van der Waals surface area (Å²) in [6.07, 6.45) is 3.17. The summed E-state index contributed by atoms with van der Waals surface area (Å²) in [6, 6.07) is 7.76. The molecule has 3 N–H and O–H groups in total. The van der Waals surface area contributed by atoms with Crippen LogP contribution in [0, 0.1) is 17.2 Å². The van der Waals surface area contributed by atoms with Gasteiger partial charge in [-0.2, -0.15) is 5.26 Å². The number of hydrogen-bond acceptors (Lipinski definition) is 4. The van der Waals surface area contributed by atoms with E-state index < -0.39 is 0 Å². The number of fused-ring (bicyclic) bond motifs is 1. The number of aromatic nitrogens is 1. The van der Waals surface area contributed by atoms with E-state index in [0.717, 1.165) is 23.9 Å². The molecule has 1 fully saturated rings. The fraction of sp³-hybridized carbons (Fsp3) is 0.474. The largest absolute Gasteiger partial charge is 0.361 e. The Balaban J connectivity index is 1.60. The molecule has 6 heteroatoms. The predicted octanol–water partition coefficient (Wildman–Crippen LogP) is 2.10. The van der Waals surface area contributed by atoms with Crippen LogP contribution in [0.25, 0.3) is 10.9 Å². The van der Waals surface area contributed by atoms with E-state index in [1.165, 1.54) is 5.56 Å². The van der Waals surface area contributed by atoms with Crippen molar-refractivity contribution in [3.05, 3.63) is 35.5 Å². The third-order valence-electron chi connectivity index (χ3n) is 5.07. The van der Waals surface area contributed by atoms with Crippen molar-refractivity contribution in [2.24, 2.45) is 5.92 Å². The van der Waals surface area contributed by atoms with E-state index in [-0.39, 0.29) is 11.9 Å². The van der Waals surface area contributed by atoms with Crippen LogP contribution in [0.3, 0.4) is 0 Å². The number of nitrogens with zero attached hydrogens (tertiary/aromatic N) is 2. The number of nitriles is 1. The molecule has 0 spiro atoms. The monoisotopic (exact) mass is 339 g/mol. The lowest BCUT2D eigenvalue weighted by molar-refractivity contribution is -0.135. The summed E-state index contributed by atoms with van der Waals surface area (Å²) in [5, 5.41) is 15.2. The summed E-state index contributed by atoms with van der Waals surface area (Å²) in [5.74, 6) is 1.08. The first kappa shape index (κ1) is 17.5. The number of nitrogens with one attached hydrogen (secondary N) is 3. The minimum atomic E-state index is -0.207. The quantitative estimate of drug-likeness (QED) is 0.675. The van der Waals surface area contributed by atoms with Crippen LogP contribution >= 0.6 is 0 Å². The number of H-pyrrole nitrogens is 1. The molecule has 3 rings (SSSR count). The Bertz CT molecular complexity index is 802. The molecule has 1 saturated carbocycles. The van der Waals surface area contributed by atoms with Crippen molar-refractivity contribution in [3.8, 4) is 6.07 Å². The minimum Gasteiger partial charge on any atom is -0.361 e. The molecule has 1 aromatic carbocycles. The van der Waals surface area contributed by atoms with Gasteiger partial charge in [-0.05, 0) is 62.4 Å². The highest BCUT2D eigenvalue weighted by atomic mass is 16.2. The second kappa shape index (κ2) is 7.26. The molecule has 1 aromatic heterocycles. The van der Waals surface area contributed by atoms with E-state index in [9.17, 15) is 4.79 Å². The van der Waals surface area contributed by atoms with Crippen LogP contribution in [0.1, 0.15) is 37.3 Å². The van der Waals surface area contributed by atoms with E-state index >= 15 is 0 Å². The topological polar surface area (TPSA) is 84.0 Å². The number of carbonyl (C=O) groups is 1. The zero-order valence-corrected chi connectivity index (χ0v) is 15.0. The molecule has 6 nitrogen and oxygen atoms in total. The summed E-state index contributed by atoms with van der Waals surface area (Å²) < 4.78 is 0. The lowest BCUT2D eigenvalue weighted by Gasteiger charge is -2.23. The predicted molar refractivity (Wildman–Crippen MR) is 97.8 cm³/mol. The van der Waals surface area contributed by atoms with Crippen LogP contribution in [-0.4, -0.2) is 42.1 Å². The molecule has 0 aliphatic heterocycles. The number of rotatable bonds is 7. The highest BCUT2D eigenvalue weighted by Crippen LogP contribution is 2.49. The molecule has 3 atom stereocenters. The Labute approximate surface area is 148 Å². The maximum Gasteiger partial charge on any atom is 0.253 e. The molecular weight excluding hydrogens is 314 g/mol. The first-order valence-electron chi connectivity index (χ1n) is 8.82. The van der Waals surface area contributed by atoms with Crippen LogP contribution in [0.5, 0.6) is 0 Å². The van der Waals surface area contributed by atoms with Crippen molar-refractivity contribution in [1.82, 2.24) is 20.7 Å². The molecule has 2 aromatic rings. The van der Waals surface area contributed by atoms with Crippen molar-refractivity contribution in [1.29, 1.82) is 5.26 Å². The van der Waals surface area contributed by atoms with E-state index in [4.69, 9.17) is 5.26 Å². The molecule has 0 bridgehead atoms. The van der Waals surface area contributed by atoms with Crippen molar-refractivity contribution in [2.75, 3.05) is 20.1 Å². The van der Waals surface area contributed by atoms with Crippen molar-refractivity contribution in [3.63, 3.8) is 0 Å². The van der Waals surface area contributed by atoms with Gasteiger partial charge in [-0.1, -0.05) is 0 Å². The zero-order valence-electron chi connectivity index (χ0n) is 15.0. The first-order chi connectivity index (χ1) is 12.1. The Morgan fingerprint density at radius 3 is 3.00 bits per heavy atom. The highest BCUT2D eigenvalue weighted by molar-refractivity contribution is 5.85. The molecule has 132 valence electrons. The van der Waals surface area contributed by atoms with Crippen molar-refractivity contribution < 1.29 is 4.79 Å². The van der Waals surface area contributed by atoms with Crippen molar-refractivity contribution in [2.45, 2.75) is 32.2 Å². The van der Waals surface area contributed by atoms with Gasteiger partial charge >= 0.3 is 0 Å². The Morgan fingerprint density at radius 2 is 2.32 bits per heavy atom. The lowest BCUT2D eigenvalue weighted by atomic mass is 10.1. The number of carbonyl (C=O) groups excluding carboxylic acids is 1. The number of likely N-dealkylation sites (N-methyl/N-ethyl adjacent to an activating group) is 1. The average Bonchev–Trinajstić information content (AvgIpc) is 3.29. The Kier molecular flexibility index (Phi) is 5.07. The van der Waals surface area contributed by atoms with Gasteiger partial charge in [0.1, 0.15) is 0 Å². The normalized spacial score (nSPS) is 20.2. The summed E-state index contributed by atoms with van der Waals surface area (Å²) in [4.78, 5) is 15.6. The summed E-state index contributed by atoms with van der Waals surface area (Å²) in [5.41, 5.74) is 5.95. The first-order valence-corrected chi connectivity index (χ1v) is 8.82. The van der Waals surface area contributed by atoms with E-state index in [2.05, 4.69) is 28.0 Å². The summed E-state index contributed by atoms with van der Waals surface area (Å²) in [7, 11) is 1.76. The summed E-state index contributed by atoms with van der Waals surface area (Å²) >= 11 is 0. The van der Waals surface area contributed by atoms with Crippen LogP contribution in [-0.2, 0) is 4.79 Å². The van der Waals surface area contributed by atoms with Gasteiger partial charge < -0.3 is 10.3 Å². The second-order valence-electron chi connectivity index (χ2n) is 6.65. The SMILES string of the molecule is CCN(NC)C(=O)C(C)NCC1CC1c1c[nH]c2ccc(C#N)cc12. The van der Waals surface area contributed by atoms with E-state index in [1.54, 1.807) is 12.1 Å². The van der Waals surface area contributed by atoms with Crippen molar-refractivity contribution >= 4 is 16.8 Å². The van der Waals surface area contributed by atoms with Gasteiger partial charge in [0.15, 0.2) is 0 Å². The van der Waals surface area contributed by atoms with Gasteiger partial charge in [-0.25, -0.2) is 5.43 Å². The molecule has 1 aliphatic rings. The lowest BCUT2D eigenvalue weighted by Crippen LogP contribution is -2.50. The highest BCUT2D eigenvalue weighted by Gasteiger charge is 2.39. The number of benzene rings is 1. The molecule has 0 radical (unpaired) electrons. The standard InChI is InChI=1S/C19H25N5O/c1-4-24(21-3)19(25)12(2)22-10-14-8-15(14)17-11-23-18-6-5-13(9-20)7-16(17)18/h5-7,11-12,14-15,21-23H,4,8,10H2,1-3H3. The second-order valence-corrected chi connectivity index (χ2v) is 6.65. The van der Waals surface area contributed by atoms with Gasteiger partial charge in [-0.15, -0.1) is 0 Å². The molecule has 1 aliphatic carbocycles. The molecule has 0 saturated heterocycles.